The zero-order chi connectivity index (χ0) is 18.1. The molecule has 5 nitrogen and oxygen atoms in total. The van der Waals surface area contributed by atoms with Gasteiger partial charge >= 0.3 is 0 Å². The second kappa shape index (κ2) is 6.80. The lowest BCUT2D eigenvalue weighted by atomic mass is 9.89. The van der Waals surface area contributed by atoms with E-state index in [0.717, 1.165) is 27.4 Å². The zero-order valence-electron chi connectivity index (χ0n) is 14.5. The summed E-state index contributed by atoms with van der Waals surface area (Å²) in [5.74, 6) is 1.28. The molecule has 0 saturated carbocycles. The van der Waals surface area contributed by atoms with Crippen LogP contribution in [0, 0.1) is 0 Å². The third kappa shape index (κ3) is 2.82. The van der Waals surface area contributed by atoms with Crippen LogP contribution >= 0.6 is 11.5 Å². The molecule has 1 N–H and O–H groups in total. The number of hydrogen-bond acceptors (Lipinski definition) is 5. The van der Waals surface area contributed by atoms with Gasteiger partial charge in [0.25, 0.3) is 0 Å². The fraction of sp³-hybridized carbons (Fsp3) is 0.200. The lowest BCUT2D eigenvalue weighted by Crippen LogP contribution is -2.22. The Morgan fingerprint density at radius 2 is 1.85 bits per heavy atom. The van der Waals surface area contributed by atoms with Gasteiger partial charge in [-0.3, -0.25) is 4.79 Å². The lowest BCUT2D eigenvalue weighted by Gasteiger charge is -2.23. The smallest absolute Gasteiger partial charge is 0.225 e. The Morgan fingerprint density at radius 3 is 2.58 bits per heavy atom. The van der Waals surface area contributed by atoms with E-state index in [1.807, 2.05) is 48.5 Å². The Kier molecular flexibility index (Phi) is 4.34. The molecule has 3 aromatic rings. The molecule has 2 aromatic carbocycles. The molecule has 0 unspecified atom stereocenters. The number of hydrogen-bond donors (Lipinski definition) is 1. The molecule has 0 spiro atoms. The third-order valence-electron chi connectivity index (χ3n) is 4.55. The highest BCUT2D eigenvalue weighted by Crippen LogP contribution is 2.45. The van der Waals surface area contributed by atoms with E-state index < -0.39 is 0 Å². The maximum atomic E-state index is 12.4. The molecule has 1 aromatic heterocycles. The Morgan fingerprint density at radius 1 is 1.08 bits per heavy atom. The Hall–Kier alpha value is -2.86. The van der Waals surface area contributed by atoms with Crippen molar-refractivity contribution in [1.82, 2.24) is 4.37 Å². The number of benzene rings is 2. The van der Waals surface area contributed by atoms with E-state index in [9.17, 15) is 4.79 Å². The monoisotopic (exact) mass is 366 g/mol. The first-order valence-corrected chi connectivity index (χ1v) is 9.05. The average molecular weight is 366 g/mol. The van der Waals surface area contributed by atoms with Gasteiger partial charge in [0.15, 0.2) is 11.5 Å². The van der Waals surface area contributed by atoms with E-state index >= 15 is 0 Å². The standard InChI is InChI=1S/C20H18N2O3S/c1-24-15-9-8-13(10-16(15)25-2)14-11-17(23)21-19-18(22-26-20(14)19)12-6-4-3-5-7-12/h3-10,14H,11H2,1-2H3,(H,21,23)/t14-/m0/s1. The second-order valence-corrected chi connectivity index (χ2v) is 6.86. The topological polar surface area (TPSA) is 60.5 Å². The van der Waals surface area contributed by atoms with E-state index in [0.29, 0.717) is 17.9 Å². The lowest BCUT2D eigenvalue weighted by molar-refractivity contribution is -0.116. The highest BCUT2D eigenvalue weighted by molar-refractivity contribution is 7.07. The molecule has 26 heavy (non-hydrogen) atoms. The molecule has 0 radical (unpaired) electrons. The predicted octanol–water partition coefficient (Wildman–Crippen LogP) is 4.30. The van der Waals surface area contributed by atoms with Gasteiger partial charge in [-0.05, 0) is 29.2 Å². The Balaban J connectivity index is 1.79. The van der Waals surface area contributed by atoms with Crippen LogP contribution in [0.4, 0.5) is 5.69 Å². The third-order valence-corrected chi connectivity index (χ3v) is 5.51. The van der Waals surface area contributed by atoms with Crippen LogP contribution in [0.1, 0.15) is 22.8 Å². The molecule has 1 atom stereocenters. The highest BCUT2D eigenvalue weighted by Gasteiger charge is 2.32. The Bertz CT molecular complexity index is 953. The van der Waals surface area contributed by atoms with E-state index in [1.165, 1.54) is 11.5 Å². The molecule has 6 heteroatoms. The molecular formula is C20H18N2O3S. The molecule has 0 aliphatic carbocycles. The Labute approximate surface area is 155 Å². The summed E-state index contributed by atoms with van der Waals surface area (Å²) in [4.78, 5) is 13.4. The van der Waals surface area contributed by atoms with Crippen molar-refractivity contribution >= 4 is 23.1 Å². The number of aromatic nitrogens is 1. The minimum absolute atomic E-state index is 0.00494. The number of nitrogens with one attached hydrogen (secondary N) is 1. The molecule has 2 heterocycles. The van der Waals surface area contributed by atoms with Gasteiger partial charge in [-0.2, -0.15) is 4.37 Å². The second-order valence-electron chi connectivity index (χ2n) is 6.06. The first-order chi connectivity index (χ1) is 12.7. The van der Waals surface area contributed by atoms with Gasteiger partial charge < -0.3 is 14.8 Å². The summed E-state index contributed by atoms with van der Waals surface area (Å²) in [6.45, 7) is 0. The van der Waals surface area contributed by atoms with E-state index in [-0.39, 0.29) is 11.8 Å². The first kappa shape index (κ1) is 16.6. The number of carbonyl (C=O) groups is 1. The van der Waals surface area contributed by atoms with Gasteiger partial charge in [-0.15, -0.1) is 0 Å². The van der Waals surface area contributed by atoms with Crippen molar-refractivity contribution < 1.29 is 14.3 Å². The van der Waals surface area contributed by atoms with Crippen molar-refractivity contribution in [3.05, 3.63) is 59.0 Å². The van der Waals surface area contributed by atoms with Crippen LogP contribution in [0.25, 0.3) is 11.3 Å². The van der Waals surface area contributed by atoms with Crippen molar-refractivity contribution in [1.29, 1.82) is 0 Å². The van der Waals surface area contributed by atoms with E-state index in [2.05, 4.69) is 9.69 Å². The SMILES string of the molecule is COc1ccc([C@@H]2CC(=O)Nc3c(-c4ccccc4)nsc32)cc1OC. The van der Waals surface area contributed by atoms with Gasteiger partial charge in [0, 0.05) is 17.9 Å². The number of methoxy groups -OCH3 is 2. The van der Waals surface area contributed by atoms with Gasteiger partial charge in [0.1, 0.15) is 5.69 Å². The summed E-state index contributed by atoms with van der Waals surface area (Å²) in [7, 11) is 3.22. The molecule has 1 aliphatic heterocycles. The fourth-order valence-electron chi connectivity index (χ4n) is 3.26. The molecule has 1 aliphatic rings. The number of ether oxygens (including phenoxy) is 2. The summed E-state index contributed by atoms with van der Waals surface area (Å²) >= 11 is 1.44. The minimum Gasteiger partial charge on any atom is -0.493 e. The maximum absolute atomic E-state index is 12.4. The van der Waals surface area contributed by atoms with Crippen LogP contribution in [-0.2, 0) is 4.79 Å². The number of nitrogens with zero attached hydrogens (tertiary/aromatic N) is 1. The van der Waals surface area contributed by atoms with Crippen LogP contribution in [0.5, 0.6) is 11.5 Å². The average Bonchev–Trinajstić information content (AvgIpc) is 3.11. The normalized spacial score (nSPS) is 15.9. The van der Waals surface area contributed by atoms with Gasteiger partial charge in [0.2, 0.25) is 5.91 Å². The zero-order valence-corrected chi connectivity index (χ0v) is 15.3. The maximum Gasteiger partial charge on any atom is 0.225 e. The highest BCUT2D eigenvalue weighted by atomic mass is 32.1. The number of fused-ring (bicyclic) bond motifs is 1. The van der Waals surface area contributed by atoms with Crippen molar-refractivity contribution in [3.8, 4) is 22.8 Å². The van der Waals surface area contributed by atoms with Crippen molar-refractivity contribution in [3.63, 3.8) is 0 Å². The molecule has 0 fully saturated rings. The van der Waals surface area contributed by atoms with E-state index in [4.69, 9.17) is 9.47 Å². The van der Waals surface area contributed by atoms with E-state index in [1.54, 1.807) is 14.2 Å². The van der Waals surface area contributed by atoms with Crippen molar-refractivity contribution in [2.75, 3.05) is 19.5 Å². The van der Waals surface area contributed by atoms with Gasteiger partial charge in [0.05, 0.1) is 24.8 Å². The number of rotatable bonds is 4. The summed E-state index contributed by atoms with van der Waals surface area (Å²) in [6.07, 6.45) is 0.388. The number of anilines is 1. The number of amides is 1. The van der Waals surface area contributed by atoms with Crippen LogP contribution < -0.4 is 14.8 Å². The molecular weight excluding hydrogens is 348 g/mol. The van der Waals surface area contributed by atoms with Crippen LogP contribution in [0.3, 0.4) is 0 Å². The molecule has 132 valence electrons. The summed E-state index contributed by atoms with van der Waals surface area (Å²) in [5, 5.41) is 3.01. The molecule has 0 bridgehead atoms. The predicted molar refractivity (Wildman–Crippen MR) is 102 cm³/mol. The van der Waals surface area contributed by atoms with Crippen LogP contribution in [0.15, 0.2) is 48.5 Å². The first-order valence-electron chi connectivity index (χ1n) is 8.28. The van der Waals surface area contributed by atoms with Crippen molar-refractivity contribution in [2.24, 2.45) is 0 Å². The van der Waals surface area contributed by atoms with Crippen molar-refractivity contribution in [2.45, 2.75) is 12.3 Å². The molecule has 0 saturated heterocycles. The van der Waals surface area contributed by atoms with Crippen LogP contribution in [-0.4, -0.2) is 24.5 Å². The minimum atomic E-state index is -0.0477. The fourth-order valence-corrected chi connectivity index (χ4v) is 4.23. The van der Waals surface area contributed by atoms with Crippen LogP contribution in [0.2, 0.25) is 0 Å². The molecule has 1 amide bonds. The summed E-state index contributed by atoms with van der Waals surface area (Å²) in [5.41, 5.74) is 3.65. The number of carbonyl (C=O) groups excluding carboxylic acids is 1. The molecule has 4 rings (SSSR count). The van der Waals surface area contributed by atoms with Gasteiger partial charge in [-0.1, -0.05) is 36.4 Å². The van der Waals surface area contributed by atoms with Gasteiger partial charge in [-0.25, -0.2) is 0 Å². The largest absolute Gasteiger partial charge is 0.493 e. The quantitative estimate of drug-likeness (QED) is 0.748. The summed E-state index contributed by atoms with van der Waals surface area (Å²) < 4.78 is 15.4. The summed E-state index contributed by atoms with van der Waals surface area (Å²) in [6, 6.07) is 15.7.